The van der Waals surface area contributed by atoms with Crippen LogP contribution in [0.4, 0.5) is 11.6 Å². The number of rotatable bonds is 3. The molecule has 3 N–H and O–H groups in total. The van der Waals surface area contributed by atoms with Gasteiger partial charge in [0.2, 0.25) is 5.95 Å². The van der Waals surface area contributed by atoms with Crippen LogP contribution in [0.3, 0.4) is 0 Å². The lowest BCUT2D eigenvalue weighted by atomic mass is 10.3. The summed E-state index contributed by atoms with van der Waals surface area (Å²) >= 11 is 3.26. The van der Waals surface area contributed by atoms with Crippen LogP contribution in [0.1, 0.15) is 16.9 Å². The molecule has 0 aliphatic heterocycles. The number of aryl methyl sites for hydroxylation is 2. The lowest BCUT2D eigenvalue weighted by Gasteiger charge is -2.09. The van der Waals surface area contributed by atoms with Crippen LogP contribution in [0.5, 0.6) is 0 Å². The predicted octanol–water partition coefficient (Wildman–Crippen LogP) is 2.24. The number of sulfonamides is 1. The lowest BCUT2D eigenvalue weighted by Crippen LogP contribution is -2.16. The summed E-state index contributed by atoms with van der Waals surface area (Å²) in [5, 5.41) is 0. The Kier molecular flexibility index (Phi) is 2.72. The number of hydrogen-bond donors (Lipinski definition) is 2. The number of benzene rings is 1. The number of nitrogens with zero attached hydrogens (tertiary/aromatic N) is 2. The van der Waals surface area contributed by atoms with Crippen molar-refractivity contribution in [1.29, 1.82) is 0 Å². The summed E-state index contributed by atoms with van der Waals surface area (Å²) in [4.78, 5) is 7.14. The minimum absolute atomic E-state index is 0.234. The normalized spacial score (nSPS) is 14.2. The number of nitrogens with one attached hydrogen (secondary N) is 1. The molecule has 0 amide bonds. The van der Waals surface area contributed by atoms with Gasteiger partial charge >= 0.3 is 0 Å². The van der Waals surface area contributed by atoms with Gasteiger partial charge in [-0.05, 0) is 53.9 Å². The maximum absolute atomic E-state index is 12.5. The standard InChI is InChI=1S/C12H13BrN4O2S/c1-7-11(13)8(2)16-12(15-7)17-20(18,19)10-5-3-9(14)4-6-10/h3-6H,14H2,1-2H3,(H,15,16,17)/i3D,4D,5D,6D. The van der Waals surface area contributed by atoms with Crippen LogP contribution < -0.4 is 10.5 Å². The SMILES string of the molecule is [2H]c1c([2H])c(S(=O)(=O)Nc2nc(C)c(Br)c(C)n2)c([2H])c([2H])c1N. The fraction of sp³-hybridized carbons (Fsp3) is 0.167. The van der Waals surface area contributed by atoms with E-state index in [2.05, 4.69) is 30.6 Å². The van der Waals surface area contributed by atoms with E-state index in [0.29, 0.717) is 15.9 Å². The number of halogens is 1. The molecule has 2 rings (SSSR count). The smallest absolute Gasteiger partial charge is 0.264 e. The van der Waals surface area contributed by atoms with E-state index in [-0.39, 0.29) is 5.95 Å². The van der Waals surface area contributed by atoms with E-state index in [4.69, 9.17) is 11.2 Å². The highest BCUT2D eigenvalue weighted by Gasteiger charge is 2.16. The summed E-state index contributed by atoms with van der Waals surface area (Å²) < 4.78 is 58.6. The molecule has 0 fully saturated rings. The van der Waals surface area contributed by atoms with Crippen LogP contribution in [0.15, 0.2) is 33.5 Å². The molecule has 20 heavy (non-hydrogen) atoms. The highest BCUT2D eigenvalue weighted by molar-refractivity contribution is 9.10. The van der Waals surface area contributed by atoms with E-state index in [1.54, 1.807) is 13.8 Å². The van der Waals surface area contributed by atoms with Crippen molar-refractivity contribution in [3.63, 3.8) is 0 Å². The fourth-order valence-corrected chi connectivity index (χ4v) is 2.35. The molecule has 1 aromatic carbocycles. The molecule has 0 saturated carbocycles. The van der Waals surface area contributed by atoms with Gasteiger partial charge in [-0.25, -0.2) is 23.1 Å². The summed E-state index contributed by atoms with van der Waals surface area (Å²) in [6.45, 7) is 3.30. The summed E-state index contributed by atoms with van der Waals surface area (Å²) in [5.41, 5.74) is 6.02. The van der Waals surface area contributed by atoms with Crippen molar-refractivity contribution < 1.29 is 13.9 Å². The maximum Gasteiger partial charge on any atom is 0.264 e. The monoisotopic (exact) mass is 360 g/mol. The molecule has 8 heteroatoms. The van der Waals surface area contributed by atoms with Crippen molar-refractivity contribution in [2.24, 2.45) is 0 Å². The lowest BCUT2D eigenvalue weighted by molar-refractivity contribution is 0.601. The molecule has 0 bridgehead atoms. The molecular weight excluding hydrogens is 344 g/mol. The molecular formula is C12H13BrN4O2S. The quantitative estimate of drug-likeness (QED) is 0.817. The Labute approximate surface area is 131 Å². The van der Waals surface area contributed by atoms with Gasteiger partial charge in [-0.15, -0.1) is 0 Å². The first-order valence-corrected chi connectivity index (χ1v) is 7.64. The largest absolute Gasteiger partial charge is 0.399 e. The topological polar surface area (TPSA) is 98.0 Å². The Hall–Kier alpha value is -1.67. The van der Waals surface area contributed by atoms with E-state index < -0.39 is 44.8 Å². The third-order valence-corrected chi connectivity index (χ3v) is 4.64. The first kappa shape index (κ1) is 10.1. The van der Waals surface area contributed by atoms with Crippen molar-refractivity contribution in [2.45, 2.75) is 18.7 Å². The van der Waals surface area contributed by atoms with Crippen molar-refractivity contribution in [2.75, 3.05) is 10.5 Å². The second kappa shape index (κ2) is 5.37. The van der Waals surface area contributed by atoms with Gasteiger partial charge in [-0.1, -0.05) is 0 Å². The second-order valence-corrected chi connectivity index (χ2v) is 6.29. The van der Waals surface area contributed by atoms with Gasteiger partial charge in [0.25, 0.3) is 10.0 Å². The van der Waals surface area contributed by atoms with E-state index >= 15 is 0 Å². The number of aromatic nitrogens is 2. The zero-order valence-corrected chi connectivity index (χ0v) is 13.0. The molecule has 0 atom stereocenters. The molecule has 6 nitrogen and oxygen atoms in total. The predicted molar refractivity (Wildman–Crippen MR) is 80.9 cm³/mol. The average molecular weight is 361 g/mol. The maximum atomic E-state index is 12.5. The molecule has 2 aromatic rings. The van der Waals surface area contributed by atoms with Gasteiger partial charge in [0.1, 0.15) is 0 Å². The highest BCUT2D eigenvalue weighted by atomic mass is 79.9. The molecule has 1 aromatic heterocycles. The van der Waals surface area contributed by atoms with Crippen LogP contribution in [-0.4, -0.2) is 18.4 Å². The van der Waals surface area contributed by atoms with E-state index in [1.807, 2.05) is 0 Å². The van der Waals surface area contributed by atoms with Crippen molar-refractivity contribution in [3.05, 3.63) is 40.0 Å². The first-order chi connectivity index (χ1) is 11.0. The molecule has 0 radical (unpaired) electrons. The van der Waals surface area contributed by atoms with Gasteiger partial charge in [0.15, 0.2) is 0 Å². The van der Waals surface area contributed by atoms with Crippen molar-refractivity contribution >= 4 is 37.6 Å². The molecule has 0 spiro atoms. The first-order valence-electron chi connectivity index (χ1n) is 7.36. The summed E-state index contributed by atoms with van der Waals surface area (Å²) in [5.74, 6) is -0.234. The van der Waals surface area contributed by atoms with E-state index in [0.717, 1.165) is 0 Å². The molecule has 0 unspecified atom stereocenters. The summed E-state index contributed by atoms with van der Waals surface area (Å²) in [6, 6.07) is -2.76. The second-order valence-electron chi connectivity index (χ2n) is 3.88. The Morgan fingerprint density at radius 2 is 1.70 bits per heavy atom. The van der Waals surface area contributed by atoms with Crippen LogP contribution in [-0.2, 0) is 10.0 Å². The minimum Gasteiger partial charge on any atom is -0.399 e. The van der Waals surface area contributed by atoms with Crippen LogP contribution in [0.25, 0.3) is 0 Å². The molecule has 0 saturated heterocycles. The van der Waals surface area contributed by atoms with Crippen LogP contribution >= 0.6 is 15.9 Å². The van der Waals surface area contributed by atoms with E-state index in [1.165, 1.54) is 0 Å². The third-order valence-electron chi connectivity index (χ3n) is 2.30. The number of nitrogen functional groups attached to an aromatic ring is 1. The number of hydrogen-bond acceptors (Lipinski definition) is 5. The Morgan fingerprint density at radius 3 is 2.20 bits per heavy atom. The third kappa shape index (κ3) is 3.07. The van der Waals surface area contributed by atoms with Crippen molar-refractivity contribution in [1.82, 2.24) is 9.97 Å². The van der Waals surface area contributed by atoms with Gasteiger partial charge in [0.05, 0.1) is 26.2 Å². The zero-order chi connectivity index (χ0) is 18.4. The molecule has 106 valence electrons. The van der Waals surface area contributed by atoms with Crippen LogP contribution in [0.2, 0.25) is 0 Å². The van der Waals surface area contributed by atoms with Gasteiger partial charge in [-0.3, -0.25) is 0 Å². The fourth-order valence-electron chi connectivity index (χ4n) is 1.36. The Bertz CT molecular complexity index is 901. The van der Waals surface area contributed by atoms with Gasteiger partial charge < -0.3 is 5.73 Å². The summed E-state index contributed by atoms with van der Waals surface area (Å²) in [6.07, 6.45) is 0. The van der Waals surface area contributed by atoms with Crippen molar-refractivity contribution in [3.8, 4) is 0 Å². The van der Waals surface area contributed by atoms with Gasteiger partial charge in [0, 0.05) is 5.69 Å². The molecule has 0 aliphatic carbocycles. The zero-order valence-electron chi connectivity index (χ0n) is 14.6. The minimum atomic E-state index is -4.44. The number of nitrogens with two attached hydrogens (primary N) is 1. The molecule has 1 heterocycles. The van der Waals surface area contributed by atoms with Crippen LogP contribution in [0, 0.1) is 13.8 Å². The Morgan fingerprint density at radius 1 is 1.20 bits per heavy atom. The van der Waals surface area contributed by atoms with E-state index in [9.17, 15) is 8.42 Å². The van der Waals surface area contributed by atoms with Gasteiger partial charge in [-0.2, -0.15) is 0 Å². The summed E-state index contributed by atoms with van der Waals surface area (Å²) in [7, 11) is -4.44. The Balaban J connectivity index is 2.61. The number of anilines is 2. The average Bonchev–Trinajstić information content (AvgIpc) is 2.48. The molecule has 0 aliphatic rings. The highest BCUT2D eigenvalue weighted by Crippen LogP contribution is 2.20.